The summed E-state index contributed by atoms with van der Waals surface area (Å²) in [5.74, 6) is -0.936. The molecule has 1 N–H and O–H groups in total. The summed E-state index contributed by atoms with van der Waals surface area (Å²) < 4.78 is 12.8. The largest absolute Gasteiger partial charge is 0.286 e. The van der Waals surface area contributed by atoms with Gasteiger partial charge in [0.2, 0.25) is 11.5 Å². The molecule has 0 saturated carbocycles. The van der Waals surface area contributed by atoms with Crippen LogP contribution < -0.4 is 5.43 Å². The van der Waals surface area contributed by atoms with E-state index in [9.17, 15) is 9.18 Å². The second-order valence-electron chi connectivity index (χ2n) is 4.03. The van der Waals surface area contributed by atoms with Crippen LogP contribution in [-0.2, 0) is 0 Å². The molecular formula is C15H9ClFN3O. The number of nitrogens with zero attached hydrogens (tertiary/aromatic N) is 2. The summed E-state index contributed by atoms with van der Waals surface area (Å²) in [6, 6.07) is 13.3. The van der Waals surface area contributed by atoms with Crippen LogP contribution in [0.25, 0.3) is 0 Å². The van der Waals surface area contributed by atoms with Gasteiger partial charge in [0.15, 0.2) is 0 Å². The molecule has 0 aliphatic carbocycles. The van der Waals surface area contributed by atoms with Crippen LogP contribution >= 0.6 is 11.6 Å². The van der Waals surface area contributed by atoms with Crippen LogP contribution in [0, 0.1) is 17.1 Å². The Morgan fingerprint density at radius 3 is 2.57 bits per heavy atom. The maximum atomic E-state index is 12.8. The van der Waals surface area contributed by atoms with Crippen molar-refractivity contribution >= 4 is 28.8 Å². The van der Waals surface area contributed by atoms with Crippen molar-refractivity contribution in [3.8, 4) is 6.07 Å². The van der Waals surface area contributed by atoms with E-state index in [1.165, 1.54) is 30.3 Å². The minimum Gasteiger partial charge on any atom is -0.286 e. The Morgan fingerprint density at radius 1 is 1.24 bits per heavy atom. The van der Waals surface area contributed by atoms with E-state index in [-0.39, 0.29) is 17.1 Å². The Kier molecular flexibility index (Phi) is 4.64. The Morgan fingerprint density at radius 2 is 1.95 bits per heavy atom. The van der Waals surface area contributed by atoms with Gasteiger partial charge in [-0.3, -0.25) is 10.2 Å². The number of Topliss-reactive ketones (excluding diaryl/α,β-unsaturated/α-hetero) is 1. The normalized spacial score (nSPS) is 10.8. The molecule has 0 aliphatic heterocycles. The topological polar surface area (TPSA) is 65.2 Å². The number of hydrazone groups is 1. The number of rotatable bonds is 4. The number of hydrogen-bond donors (Lipinski definition) is 1. The number of carbonyl (C=O) groups excluding carboxylic acids is 1. The molecule has 0 amide bonds. The number of nitriles is 1. The van der Waals surface area contributed by atoms with Crippen molar-refractivity contribution in [2.45, 2.75) is 0 Å². The lowest BCUT2D eigenvalue weighted by molar-refractivity contribution is 0.106. The zero-order valence-electron chi connectivity index (χ0n) is 10.7. The Hall–Kier alpha value is -2.71. The minimum absolute atomic E-state index is 0.267. The number of benzene rings is 2. The van der Waals surface area contributed by atoms with Crippen LogP contribution in [0.3, 0.4) is 0 Å². The number of ketones is 1. The summed E-state index contributed by atoms with van der Waals surface area (Å²) in [5, 5.41) is 13.1. The van der Waals surface area contributed by atoms with Crippen molar-refractivity contribution in [3.63, 3.8) is 0 Å². The molecular weight excluding hydrogens is 293 g/mol. The molecule has 21 heavy (non-hydrogen) atoms. The van der Waals surface area contributed by atoms with Gasteiger partial charge in [-0.25, -0.2) is 4.39 Å². The van der Waals surface area contributed by atoms with Crippen molar-refractivity contribution < 1.29 is 9.18 Å². The quantitative estimate of drug-likeness (QED) is 0.532. The standard InChI is InChI=1S/C15H9ClFN3O/c16-11-3-1-2-10(8-11)15(21)14(9-18)20-19-13-6-4-12(17)5-7-13/h1-8,19H. The fourth-order valence-electron chi connectivity index (χ4n) is 1.54. The molecule has 2 rings (SSSR count). The number of carbonyl (C=O) groups is 1. The van der Waals surface area contributed by atoms with Gasteiger partial charge in [-0.05, 0) is 36.4 Å². The Balaban J connectivity index is 2.19. The molecule has 0 radical (unpaired) electrons. The summed E-state index contributed by atoms with van der Waals surface area (Å²) >= 11 is 5.80. The second kappa shape index (κ2) is 6.64. The molecule has 0 unspecified atom stereocenters. The highest BCUT2D eigenvalue weighted by Gasteiger charge is 2.14. The van der Waals surface area contributed by atoms with Crippen LogP contribution in [0.5, 0.6) is 0 Å². The molecule has 0 fully saturated rings. The highest BCUT2D eigenvalue weighted by atomic mass is 35.5. The van der Waals surface area contributed by atoms with Gasteiger partial charge >= 0.3 is 0 Å². The zero-order valence-corrected chi connectivity index (χ0v) is 11.4. The van der Waals surface area contributed by atoms with Crippen molar-refractivity contribution in [2.75, 3.05) is 5.43 Å². The summed E-state index contributed by atoms with van der Waals surface area (Å²) in [5.41, 5.74) is 2.94. The first-order chi connectivity index (χ1) is 10.1. The van der Waals surface area contributed by atoms with Gasteiger partial charge < -0.3 is 0 Å². The number of hydrogen-bond acceptors (Lipinski definition) is 4. The highest BCUT2D eigenvalue weighted by Crippen LogP contribution is 2.12. The van der Waals surface area contributed by atoms with Crippen molar-refractivity contribution in [2.24, 2.45) is 5.10 Å². The van der Waals surface area contributed by atoms with Crippen LogP contribution in [-0.4, -0.2) is 11.5 Å². The van der Waals surface area contributed by atoms with Gasteiger partial charge in [-0.15, -0.1) is 0 Å². The third kappa shape index (κ3) is 3.88. The average molecular weight is 302 g/mol. The van der Waals surface area contributed by atoms with E-state index in [2.05, 4.69) is 10.5 Å². The molecule has 0 spiro atoms. The third-order valence-corrected chi connectivity index (χ3v) is 2.78. The lowest BCUT2D eigenvalue weighted by Gasteiger charge is -2.02. The predicted molar refractivity (Wildman–Crippen MR) is 78.9 cm³/mol. The molecule has 0 aromatic heterocycles. The lowest BCUT2D eigenvalue weighted by Crippen LogP contribution is -2.14. The van der Waals surface area contributed by atoms with Gasteiger partial charge in [-0.1, -0.05) is 23.7 Å². The number of halogens is 2. The Labute approximate surface area is 125 Å². The summed E-state index contributed by atoms with van der Waals surface area (Å²) in [6.07, 6.45) is 0. The van der Waals surface area contributed by atoms with Gasteiger partial charge in [0, 0.05) is 10.6 Å². The van der Waals surface area contributed by atoms with Gasteiger partial charge in [-0.2, -0.15) is 10.4 Å². The average Bonchev–Trinajstić information content (AvgIpc) is 2.49. The van der Waals surface area contributed by atoms with Crippen LogP contribution in [0.1, 0.15) is 10.4 Å². The Bertz CT molecular complexity index is 735. The third-order valence-electron chi connectivity index (χ3n) is 2.55. The van der Waals surface area contributed by atoms with Gasteiger partial charge in [0.1, 0.15) is 11.9 Å². The van der Waals surface area contributed by atoms with E-state index in [0.717, 1.165) is 0 Å². The van der Waals surface area contributed by atoms with Gasteiger partial charge in [0.05, 0.1) is 5.69 Å². The molecule has 0 heterocycles. The SMILES string of the molecule is N#CC(=NNc1ccc(F)cc1)C(=O)c1cccc(Cl)c1. The molecule has 0 aliphatic rings. The first-order valence-electron chi connectivity index (χ1n) is 5.90. The predicted octanol–water partition coefficient (Wildman–Crippen LogP) is 3.65. The maximum Gasteiger partial charge on any atom is 0.223 e. The molecule has 0 saturated heterocycles. The summed E-state index contributed by atoms with van der Waals surface area (Å²) in [7, 11) is 0. The van der Waals surface area contributed by atoms with Gasteiger partial charge in [0.25, 0.3) is 0 Å². The minimum atomic E-state index is -0.547. The van der Waals surface area contributed by atoms with E-state index >= 15 is 0 Å². The first kappa shape index (κ1) is 14.7. The van der Waals surface area contributed by atoms with E-state index < -0.39 is 5.78 Å². The zero-order chi connectivity index (χ0) is 15.2. The molecule has 2 aromatic carbocycles. The maximum absolute atomic E-state index is 12.8. The smallest absolute Gasteiger partial charge is 0.223 e. The molecule has 4 nitrogen and oxygen atoms in total. The monoisotopic (exact) mass is 301 g/mol. The fraction of sp³-hybridized carbons (Fsp3) is 0. The van der Waals surface area contributed by atoms with Crippen molar-refractivity contribution in [3.05, 3.63) is 64.9 Å². The van der Waals surface area contributed by atoms with Crippen molar-refractivity contribution in [1.82, 2.24) is 0 Å². The van der Waals surface area contributed by atoms with Crippen LogP contribution in [0.2, 0.25) is 5.02 Å². The lowest BCUT2D eigenvalue weighted by atomic mass is 10.1. The van der Waals surface area contributed by atoms with Crippen LogP contribution in [0.4, 0.5) is 10.1 Å². The molecule has 0 atom stereocenters. The number of anilines is 1. The molecule has 104 valence electrons. The van der Waals surface area contributed by atoms with E-state index in [4.69, 9.17) is 16.9 Å². The van der Waals surface area contributed by atoms with Crippen molar-refractivity contribution in [1.29, 1.82) is 5.26 Å². The second-order valence-corrected chi connectivity index (χ2v) is 4.47. The molecule has 0 bridgehead atoms. The summed E-state index contributed by atoms with van der Waals surface area (Å²) in [4.78, 5) is 12.1. The molecule has 6 heteroatoms. The highest BCUT2D eigenvalue weighted by molar-refractivity contribution is 6.51. The fourth-order valence-corrected chi connectivity index (χ4v) is 1.73. The summed E-state index contributed by atoms with van der Waals surface area (Å²) in [6.45, 7) is 0. The van der Waals surface area contributed by atoms with E-state index in [1.807, 2.05) is 0 Å². The molecule has 2 aromatic rings. The number of nitrogens with one attached hydrogen (secondary N) is 1. The van der Waals surface area contributed by atoms with E-state index in [0.29, 0.717) is 10.7 Å². The van der Waals surface area contributed by atoms with E-state index in [1.54, 1.807) is 24.3 Å². The first-order valence-corrected chi connectivity index (χ1v) is 6.27. The van der Waals surface area contributed by atoms with Crippen LogP contribution in [0.15, 0.2) is 53.6 Å².